The molecule has 0 radical (unpaired) electrons. The van der Waals surface area contributed by atoms with Crippen LogP contribution in [0.2, 0.25) is 5.02 Å². The average Bonchev–Trinajstić information content (AvgIpc) is 2.31. The van der Waals surface area contributed by atoms with Crippen molar-refractivity contribution < 1.29 is 12.8 Å². The molecule has 0 saturated carbocycles. The quantitative estimate of drug-likeness (QED) is 0.847. The molecule has 0 aromatic heterocycles. The van der Waals surface area contributed by atoms with Gasteiger partial charge in [-0.05, 0) is 31.0 Å². The lowest BCUT2D eigenvalue weighted by atomic mass is 10.2. The van der Waals surface area contributed by atoms with Gasteiger partial charge in [0.25, 0.3) is 0 Å². The van der Waals surface area contributed by atoms with Gasteiger partial charge in [-0.25, -0.2) is 17.5 Å². The molecule has 7 heteroatoms. The van der Waals surface area contributed by atoms with Gasteiger partial charge in [0.05, 0.1) is 9.92 Å². The van der Waals surface area contributed by atoms with Crippen LogP contribution >= 0.6 is 11.6 Å². The molecular weight excluding hydrogens is 291 g/mol. The van der Waals surface area contributed by atoms with Crippen LogP contribution in [-0.2, 0) is 16.6 Å². The molecule has 1 aromatic carbocycles. The maximum Gasteiger partial charge on any atom is 0.240 e. The van der Waals surface area contributed by atoms with E-state index in [-0.39, 0.29) is 28.1 Å². The van der Waals surface area contributed by atoms with E-state index in [1.54, 1.807) is 6.92 Å². The maximum absolute atomic E-state index is 13.6. The number of halogens is 2. The van der Waals surface area contributed by atoms with Crippen LogP contribution < -0.4 is 10.5 Å². The lowest BCUT2D eigenvalue weighted by Crippen LogP contribution is -2.32. The summed E-state index contributed by atoms with van der Waals surface area (Å²) in [5, 5.41) is -0.136. The molecule has 1 unspecified atom stereocenters. The van der Waals surface area contributed by atoms with E-state index in [4.69, 9.17) is 17.3 Å². The molecule has 0 saturated heterocycles. The van der Waals surface area contributed by atoms with Crippen LogP contribution in [0.3, 0.4) is 0 Å². The number of rotatable bonds is 6. The fourth-order valence-electron chi connectivity index (χ4n) is 1.75. The second-order valence-electron chi connectivity index (χ2n) is 4.39. The van der Waals surface area contributed by atoms with Crippen molar-refractivity contribution in [2.24, 2.45) is 5.73 Å². The first-order valence-corrected chi connectivity index (χ1v) is 7.88. The molecule has 0 bridgehead atoms. The zero-order chi connectivity index (χ0) is 14.6. The fourth-order valence-corrected chi connectivity index (χ4v) is 3.27. The van der Waals surface area contributed by atoms with E-state index >= 15 is 0 Å². The van der Waals surface area contributed by atoms with Gasteiger partial charge in [0.2, 0.25) is 10.0 Å². The van der Waals surface area contributed by atoms with E-state index in [9.17, 15) is 12.8 Å². The van der Waals surface area contributed by atoms with E-state index in [0.29, 0.717) is 6.42 Å². The van der Waals surface area contributed by atoms with Crippen LogP contribution in [0.4, 0.5) is 4.39 Å². The van der Waals surface area contributed by atoms with Crippen molar-refractivity contribution in [1.29, 1.82) is 0 Å². The zero-order valence-corrected chi connectivity index (χ0v) is 12.5. The molecule has 0 aliphatic carbocycles. The van der Waals surface area contributed by atoms with E-state index in [1.165, 1.54) is 6.07 Å². The average molecular weight is 309 g/mol. The van der Waals surface area contributed by atoms with Crippen molar-refractivity contribution in [2.75, 3.05) is 0 Å². The number of sulfonamides is 1. The minimum atomic E-state index is -3.76. The summed E-state index contributed by atoms with van der Waals surface area (Å²) < 4.78 is 40.2. The van der Waals surface area contributed by atoms with Gasteiger partial charge < -0.3 is 5.73 Å². The van der Waals surface area contributed by atoms with Crippen molar-refractivity contribution in [3.63, 3.8) is 0 Å². The first kappa shape index (κ1) is 16.4. The van der Waals surface area contributed by atoms with Crippen LogP contribution in [0.1, 0.15) is 32.3 Å². The highest BCUT2D eigenvalue weighted by molar-refractivity contribution is 7.89. The van der Waals surface area contributed by atoms with Crippen LogP contribution in [0.25, 0.3) is 0 Å². The molecule has 0 aliphatic rings. The lowest BCUT2D eigenvalue weighted by Gasteiger charge is -2.14. The highest BCUT2D eigenvalue weighted by atomic mass is 35.5. The summed E-state index contributed by atoms with van der Waals surface area (Å²) in [7, 11) is -3.76. The van der Waals surface area contributed by atoms with Gasteiger partial charge in [-0.15, -0.1) is 0 Å². The summed E-state index contributed by atoms with van der Waals surface area (Å²) in [6.45, 7) is 3.69. The van der Waals surface area contributed by atoms with Gasteiger partial charge >= 0.3 is 0 Å². The SMILES string of the molecule is CCCC(C)NS(=O)(=O)c1cc(F)c(Cl)c(CN)c1. The predicted molar refractivity (Wildman–Crippen MR) is 74.0 cm³/mol. The van der Waals surface area contributed by atoms with Gasteiger partial charge in [-0.1, -0.05) is 24.9 Å². The Morgan fingerprint density at radius 3 is 2.63 bits per heavy atom. The minimum absolute atomic E-state index is 0.0242. The van der Waals surface area contributed by atoms with E-state index in [1.807, 2.05) is 6.92 Å². The van der Waals surface area contributed by atoms with Gasteiger partial charge in [0.1, 0.15) is 5.82 Å². The maximum atomic E-state index is 13.6. The molecule has 19 heavy (non-hydrogen) atoms. The number of benzene rings is 1. The largest absolute Gasteiger partial charge is 0.326 e. The third-order valence-electron chi connectivity index (χ3n) is 2.69. The van der Waals surface area contributed by atoms with Crippen molar-refractivity contribution in [1.82, 2.24) is 4.72 Å². The van der Waals surface area contributed by atoms with Crippen LogP contribution in [-0.4, -0.2) is 14.5 Å². The smallest absolute Gasteiger partial charge is 0.240 e. The third kappa shape index (κ3) is 4.14. The van der Waals surface area contributed by atoms with E-state index in [0.717, 1.165) is 12.5 Å². The zero-order valence-electron chi connectivity index (χ0n) is 10.9. The molecule has 0 heterocycles. The number of hydrogen-bond acceptors (Lipinski definition) is 3. The summed E-state index contributed by atoms with van der Waals surface area (Å²) in [6, 6.07) is 1.99. The molecule has 1 atom stereocenters. The molecule has 1 rings (SSSR count). The molecule has 4 nitrogen and oxygen atoms in total. The standard InChI is InChI=1S/C12H18ClFN2O2S/c1-3-4-8(2)16-19(17,18)10-5-9(7-15)12(13)11(14)6-10/h5-6,8,16H,3-4,7,15H2,1-2H3. The topological polar surface area (TPSA) is 72.2 Å². The molecule has 0 amide bonds. The normalized spacial score (nSPS) is 13.5. The number of hydrogen-bond donors (Lipinski definition) is 2. The molecule has 1 aromatic rings. The van der Waals surface area contributed by atoms with Crippen molar-refractivity contribution in [3.8, 4) is 0 Å². The Bertz CT molecular complexity index is 549. The Hall–Kier alpha value is -0.690. The van der Waals surface area contributed by atoms with Crippen molar-refractivity contribution >= 4 is 21.6 Å². The fraction of sp³-hybridized carbons (Fsp3) is 0.500. The first-order chi connectivity index (χ1) is 8.81. The summed E-state index contributed by atoms with van der Waals surface area (Å²) in [4.78, 5) is -0.155. The van der Waals surface area contributed by atoms with Crippen LogP contribution in [0, 0.1) is 5.82 Å². The Morgan fingerprint density at radius 2 is 2.11 bits per heavy atom. The predicted octanol–water partition coefficient (Wildman–Crippen LogP) is 2.40. The molecule has 108 valence electrons. The Balaban J connectivity index is 3.11. The Morgan fingerprint density at radius 1 is 1.47 bits per heavy atom. The van der Waals surface area contributed by atoms with Gasteiger partial charge in [0, 0.05) is 12.6 Å². The van der Waals surface area contributed by atoms with Gasteiger partial charge in [0.15, 0.2) is 0 Å². The van der Waals surface area contributed by atoms with Crippen LogP contribution in [0.5, 0.6) is 0 Å². The Kier molecular flexibility index (Phi) is 5.73. The molecule has 0 aliphatic heterocycles. The van der Waals surface area contributed by atoms with Crippen LogP contribution in [0.15, 0.2) is 17.0 Å². The monoisotopic (exact) mass is 308 g/mol. The van der Waals surface area contributed by atoms with Crippen molar-refractivity contribution in [2.45, 2.75) is 44.2 Å². The molecule has 0 spiro atoms. The summed E-state index contributed by atoms with van der Waals surface area (Å²) in [5.74, 6) is -0.784. The van der Waals surface area contributed by atoms with Crippen molar-refractivity contribution in [3.05, 3.63) is 28.5 Å². The van der Waals surface area contributed by atoms with Gasteiger partial charge in [-0.2, -0.15) is 0 Å². The molecule has 3 N–H and O–H groups in total. The Labute approximate surface area is 118 Å². The number of nitrogens with two attached hydrogens (primary N) is 1. The summed E-state index contributed by atoms with van der Waals surface area (Å²) in [5.41, 5.74) is 5.68. The summed E-state index contributed by atoms with van der Waals surface area (Å²) in [6.07, 6.45) is 1.56. The second-order valence-corrected chi connectivity index (χ2v) is 6.49. The number of nitrogens with one attached hydrogen (secondary N) is 1. The van der Waals surface area contributed by atoms with Gasteiger partial charge in [-0.3, -0.25) is 0 Å². The third-order valence-corrected chi connectivity index (χ3v) is 4.68. The highest BCUT2D eigenvalue weighted by Crippen LogP contribution is 2.24. The van der Waals surface area contributed by atoms with E-state index < -0.39 is 15.8 Å². The second kappa shape index (κ2) is 6.65. The molecule has 0 fully saturated rings. The highest BCUT2D eigenvalue weighted by Gasteiger charge is 2.20. The molecular formula is C12H18ClFN2O2S. The lowest BCUT2D eigenvalue weighted by molar-refractivity contribution is 0.542. The van der Waals surface area contributed by atoms with E-state index in [2.05, 4.69) is 4.72 Å². The minimum Gasteiger partial charge on any atom is -0.326 e. The first-order valence-electron chi connectivity index (χ1n) is 6.02. The summed E-state index contributed by atoms with van der Waals surface area (Å²) >= 11 is 5.70.